The molecule has 2 atom stereocenters. The summed E-state index contributed by atoms with van der Waals surface area (Å²) < 4.78 is 27.6. The van der Waals surface area contributed by atoms with E-state index in [0.717, 1.165) is 27.6 Å². The highest BCUT2D eigenvalue weighted by molar-refractivity contribution is 5.93. The van der Waals surface area contributed by atoms with Gasteiger partial charge in [0.25, 0.3) is 5.56 Å². The van der Waals surface area contributed by atoms with Crippen LogP contribution in [0.3, 0.4) is 0 Å². The number of aryl methyl sites for hydroxylation is 1. The minimum absolute atomic E-state index is 0.00439. The van der Waals surface area contributed by atoms with Gasteiger partial charge in [-0.25, -0.2) is 9.37 Å². The van der Waals surface area contributed by atoms with Gasteiger partial charge in [-0.2, -0.15) is 0 Å². The minimum atomic E-state index is -0.516. The first kappa shape index (κ1) is 26.5. The normalized spacial score (nSPS) is 18.3. The lowest BCUT2D eigenvalue weighted by Crippen LogP contribution is -2.33. The van der Waals surface area contributed by atoms with E-state index in [2.05, 4.69) is 5.32 Å². The van der Waals surface area contributed by atoms with E-state index >= 15 is 4.39 Å². The van der Waals surface area contributed by atoms with Gasteiger partial charge < -0.3 is 14.0 Å². The number of ether oxygens (including phenoxy) is 2. The fraction of sp³-hybridized carbons (Fsp3) is 0.333. The van der Waals surface area contributed by atoms with E-state index in [1.165, 1.54) is 6.07 Å². The zero-order chi connectivity index (χ0) is 29.1. The summed E-state index contributed by atoms with van der Waals surface area (Å²) in [5.74, 6) is -1.54. The molecule has 7 rings (SSSR count). The molecule has 0 amide bonds. The Morgan fingerprint density at radius 2 is 1.98 bits per heavy atom. The maximum absolute atomic E-state index is 15.1. The quantitative estimate of drug-likeness (QED) is 0.296. The van der Waals surface area contributed by atoms with Crippen LogP contribution in [0.1, 0.15) is 70.7 Å². The predicted molar refractivity (Wildman–Crippen MR) is 153 cm³/mol. The molecule has 3 aliphatic rings. The molecule has 9 heteroatoms. The van der Waals surface area contributed by atoms with Crippen LogP contribution in [-0.4, -0.2) is 28.0 Å². The SMILES string of the molecule is CCC1C(=O)OCc2c1cc1n(c2=O)Cc2c-1nc1cc(F)c(C)c3c1c2C(NCC(=O)OCc1ccccc1)CC3. The van der Waals surface area contributed by atoms with Gasteiger partial charge in [0.15, 0.2) is 0 Å². The highest BCUT2D eigenvalue weighted by atomic mass is 19.1. The van der Waals surface area contributed by atoms with Crippen molar-refractivity contribution in [3.8, 4) is 11.4 Å². The number of pyridine rings is 2. The van der Waals surface area contributed by atoms with Crippen LogP contribution >= 0.6 is 0 Å². The lowest BCUT2D eigenvalue weighted by molar-refractivity contribution is -0.148. The van der Waals surface area contributed by atoms with Gasteiger partial charge in [-0.3, -0.25) is 19.7 Å². The van der Waals surface area contributed by atoms with Crippen LogP contribution in [0.15, 0.2) is 47.3 Å². The number of carbonyl (C=O) groups excluding carboxylic acids is 2. The first-order valence-electron chi connectivity index (χ1n) is 14.4. The molecule has 1 aliphatic carbocycles. The summed E-state index contributed by atoms with van der Waals surface area (Å²) in [5.41, 5.74) is 6.96. The number of halogens is 1. The summed E-state index contributed by atoms with van der Waals surface area (Å²) >= 11 is 0. The van der Waals surface area contributed by atoms with Gasteiger partial charge in [-0.1, -0.05) is 37.3 Å². The number of cyclic esters (lactones) is 1. The molecule has 0 fully saturated rings. The Labute approximate surface area is 241 Å². The van der Waals surface area contributed by atoms with Crippen molar-refractivity contribution in [3.63, 3.8) is 0 Å². The molecular formula is C33H30FN3O5. The molecule has 214 valence electrons. The van der Waals surface area contributed by atoms with Gasteiger partial charge in [0, 0.05) is 23.1 Å². The first-order chi connectivity index (χ1) is 20.4. The number of hydrogen-bond acceptors (Lipinski definition) is 7. The Morgan fingerprint density at radius 1 is 1.17 bits per heavy atom. The molecule has 2 aromatic heterocycles. The highest BCUT2D eigenvalue weighted by Crippen LogP contribution is 2.45. The number of fused-ring (bicyclic) bond motifs is 5. The van der Waals surface area contributed by atoms with Crippen LogP contribution in [-0.2, 0) is 45.2 Å². The second kappa shape index (κ2) is 10.2. The Kier molecular flexibility index (Phi) is 6.42. The second-order valence-corrected chi connectivity index (χ2v) is 11.3. The summed E-state index contributed by atoms with van der Waals surface area (Å²) in [4.78, 5) is 43.8. The van der Waals surface area contributed by atoms with Crippen molar-refractivity contribution in [1.29, 1.82) is 0 Å². The van der Waals surface area contributed by atoms with Gasteiger partial charge in [-0.15, -0.1) is 0 Å². The number of nitrogens with one attached hydrogen (secondary N) is 1. The van der Waals surface area contributed by atoms with Crippen LogP contribution in [0.4, 0.5) is 4.39 Å². The van der Waals surface area contributed by atoms with Crippen molar-refractivity contribution < 1.29 is 23.5 Å². The van der Waals surface area contributed by atoms with Gasteiger partial charge in [0.1, 0.15) is 19.0 Å². The average molecular weight is 568 g/mol. The largest absolute Gasteiger partial charge is 0.460 e. The van der Waals surface area contributed by atoms with Crippen molar-refractivity contribution in [2.75, 3.05) is 6.54 Å². The maximum Gasteiger partial charge on any atom is 0.320 e. The molecule has 42 heavy (non-hydrogen) atoms. The molecule has 8 nitrogen and oxygen atoms in total. The lowest BCUT2D eigenvalue weighted by atomic mass is 9.81. The Balaban J connectivity index is 1.30. The van der Waals surface area contributed by atoms with E-state index in [4.69, 9.17) is 14.5 Å². The molecule has 0 spiro atoms. The van der Waals surface area contributed by atoms with Gasteiger partial charge >= 0.3 is 11.9 Å². The zero-order valence-corrected chi connectivity index (χ0v) is 23.5. The van der Waals surface area contributed by atoms with Crippen molar-refractivity contribution in [2.24, 2.45) is 0 Å². The number of esters is 2. The average Bonchev–Trinajstić information content (AvgIpc) is 3.37. The van der Waals surface area contributed by atoms with E-state index in [1.807, 2.05) is 43.3 Å². The number of hydrogen-bond donors (Lipinski definition) is 1. The monoisotopic (exact) mass is 567 g/mol. The Morgan fingerprint density at radius 3 is 2.76 bits per heavy atom. The van der Waals surface area contributed by atoms with Gasteiger partial charge in [0.05, 0.1) is 41.5 Å². The molecule has 2 aliphatic heterocycles. The van der Waals surface area contributed by atoms with E-state index < -0.39 is 5.92 Å². The molecule has 0 bridgehead atoms. The second-order valence-electron chi connectivity index (χ2n) is 11.3. The fourth-order valence-corrected chi connectivity index (χ4v) is 6.78. The van der Waals surface area contributed by atoms with Crippen LogP contribution < -0.4 is 10.9 Å². The fourth-order valence-electron chi connectivity index (χ4n) is 6.78. The first-order valence-corrected chi connectivity index (χ1v) is 14.4. The maximum atomic E-state index is 15.1. The minimum Gasteiger partial charge on any atom is -0.460 e. The molecule has 2 unspecified atom stereocenters. The number of benzene rings is 2. The number of nitrogens with zero attached hydrogens (tertiary/aromatic N) is 2. The van der Waals surface area contributed by atoms with Crippen molar-refractivity contribution in [3.05, 3.63) is 97.6 Å². The Bertz CT molecular complexity index is 1850. The summed E-state index contributed by atoms with van der Waals surface area (Å²) in [7, 11) is 0. The van der Waals surface area contributed by atoms with Crippen LogP contribution in [0.5, 0.6) is 0 Å². The molecule has 0 saturated carbocycles. The topological polar surface area (TPSA) is 99.5 Å². The summed E-state index contributed by atoms with van der Waals surface area (Å²) in [6.45, 7) is 4.12. The number of rotatable bonds is 6. The third-order valence-electron chi connectivity index (χ3n) is 8.93. The third kappa shape index (κ3) is 4.14. The zero-order valence-electron chi connectivity index (χ0n) is 23.5. The van der Waals surface area contributed by atoms with Crippen molar-refractivity contribution >= 4 is 22.8 Å². The molecular weight excluding hydrogens is 537 g/mol. The predicted octanol–water partition coefficient (Wildman–Crippen LogP) is 4.74. The van der Waals surface area contributed by atoms with Crippen molar-refractivity contribution in [2.45, 2.75) is 64.8 Å². The molecule has 4 aromatic rings. The summed E-state index contributed by atoms with van der Waals surface area (Å²) in [6, 6.07) is 12.6. The molecule has 0 radical (unpaired) electrons. The number of aromatic nitrogens is 2. The molecule has 2 aromatic carbocycles. The van der Waals surface area contributed by atoms with Gasteiger partial charge in [0.2, 0.25) is 0 Å². The molecule has 1 N–H and O–H groups in total. The van der Waals surface area contributed by atoms with Crippen LogP contribution in [0.25, 0.3) is 22.3 Å². The third-order valence-corrected chi connectivity index (χ3v) is 8.93. The van der Waals surface area contributed by atoms with E-state index in [1.54, 1.807) is 11.5 Å². The van der Waals surface area contributed by atoms with Crippen LogP contribution in [0, 0.1) is 12.7 Å². The van der Waals surface area contributed by atoms with E-state index in [-0.39, 0.29) is 49.1 Å². The molecule has 4 heterocycles. The number of carbonyl (C=O) groups is 2. The molecule has 0 saturated heterocycles. The van der Waals surface area contributed by atoms with Crippen molar-refractivity contribution in [1.82, 2.24) is 14.9 Å². The summed E-state index contributed by atoms with van der Waals surface area (Å²) in [6.07, 6.45) is 1.79. The lowest BCUT2D eigenvalue weighted by Gasteiger charge is -2.29. The van der Waals surface area contributed by atoms with E-state index in [9.17, 15) is 14.4 Å². The van der Waals surface area contributed by atoms with E-state index in [0.29, 0.717) is 59.4 Å². The Hall–Kier alpha value is -4.37. The summed E-state index contributed by atoms with van der Waals surface area (Å²) in [5, 5.41) is 4.27. The van der Waals surface area contributed by atoms with Gasteiger partial charge in [-0.05, 0) is 60.1 Å². The van der Waals surface area contributed by atoms with Crippen LogP contribution in [0.2, 0.25) is 0 Å². The highest BCUT2D eigenvalue weighted by Gasteiger charge is 2.37. The standard InChI is InChI=1S/C33H30FN3O5/c1-3-19-21-11-27-31-22(14-37(27)32(39)23(21)16-42-33(19)40)30-25(35-13-28(38)41-15-18-7-5-4-6-8-18)10-9-20-17(2)24(34)12-26(36-31)29(20)30/h4-8,11-12,19,25,35H,3,9-10,13-16H2,1-2H3. The smallest absolute Gasteiger partial charge is 0.320 e.